The van der Waals surface area contributed by atoms with E-state index in [9.17, 15) is 0 Å². The van der Waals surface area contributed by atoms with Crippen LogP contribution in [-0.2, 0) is 6.42 Å². The average Bonchev–Trinajstić information content (AvgIpc) is 2.22. The minimum absolute atomic E-state index is 0.368. The van der Waals surface area contributed by atoms with E-state index in [-0.39, 0.29) is 0 Å². The number of hydrogen-bond acceptors (Lipinski definition) is 1. The van der Waals surface area contributed by atoms with Gasteiger partial charge >= 0.3 is 0 Å². The van der Waals surface area contributed by atoms with Crippen LogP contribution in [0, 0.1) is 5.92 Å². The van der Waals surface area contributed by atoms with Gasteiger partial charge in [-0.2, -0.15) is 0 Å². The van der Waals surface area contributed by atoms with E-state index in [1.807, 2.05) is 32.0 Å². The molecular weight excluding hydrogens is 170 g/mol. The molecule has 0 saturated heterocycles. The molecule has 0 aliphatic heterocycles. The van der Waals surface area contributed by atoms with E-state index in [1.165, 1.54) is 5.56 Å². The molecule has 78 valence electrons. The summed E-state index contributed by atoms with van der Waals surface area (Å²) in [7, 11) is 0. The number of nitrogens with two attached hydrogens (primary N) is 1. The lowest BCUT2D eigenvalue weighted by molar-refractivity contribution is 0.672. The molecule has 1 rings (SSSR count). The molecule has 1 nitrogen and oxygen atoms in total. The number of allylic oxidation sites excluding steroid dienone is 1. The summed E-state index contributed by atoms with van der Waals surface area (Å²) in [5, 5.41) is 0. The van der Waals surface area contributed by atoms with Gasteiger partial charge in [-0.3, -0.25) is 0 Å². The Labute approximate surface area is 87.6 Å². The summed E-state index contributed by atoms with van der Waals surface area (Å²) in [6, 6.07) is 10.3. The van der Waals surface area contributed by atoms with Crippen LogP contribution < -0.4 is 5.73 Å². The van der Waals surface area contributed by atoms with Gasteiger partial charge in [0.25, 0.3) is 0 Å². The summed E-state index contributed by atoms with van der Waals surface area (Å²) in [6.07, 6.45) is 0.982. The van der Waals surface area contributed by atoms with E-state index < -0.39 is 0 Å². The molecule has 1 heteroatoms. The molecule has 0 aromatic heterocycles. The standard InChI is InChI=1S/C11H15N.C2H6/c1-9(10(2)12)8-11-6-4-3-5-7-11;1-2/h3-7,9H,2,8,12H2,1H3;1-2H3/t9-;/m1./s1. The Hall–Kier alpha value is -1.24. The first-order chi connectivity index (χ1) is 6.70. The summed E-state index contributed by atoms with van der Waals surface area (Å²) in [4.78, 5) is 0. The molecule has 0 aliphatic carbocycles. The maximum atomic E-state index is 5.59. The largest absolute Gasteiger partial charge is 0.402 e. The SMILES string of the molecule is C=C(N)[C@H](C)Cc1ccccc1.CC. The Morgan fingerprint density at radius 1 is 1.29 bits per heavy atom. The van der Waals surface area contributed by atoms with Gasteiger partial charge < -0.3 is 5.73 Å². The van der Waals surface area contributed by atoms with E-state index in [0.717, 1.165) is 12.1 Å². The van der Waals surface area contributed by atoms with E-state index in [1.54, 1.807) is 0 Å². The van der Waals surface area contributed by atoms with Crippen molar-refractivity contribution in [1.82, 2.24) is 0 Å². The van der Waals surface area contributed by atoms with E-state index in [0.29, 0.717) is 5.92 Å². The van der Waals surface area contributed by atoms with Crippen LogP contribution in [0.4, 0.5) is 0 Å². The molecule has 0 bridgehead atoms. The third-order valence-corrected chi connectivity index (χ3v) is 2.02. The lowest BCUT2D eigenvalue weighted by Crippen LogP contribution is -2.09. The van der Waals surface area contributed by atoms with Crippen LogP contribution in [0.25, 0.3) is 0 Å². The summed E-state index contributed by atoms with van der Waals surface area (Å²) >= 11 is 0. The molecule has 0 radical (unpaired) electrons. The maximum absolute atomic E-state index is 5.59. The highest BCUT2D eigenvalue weighted by Gasteiger charge is 2.03. The minimum atomic E-state index is 0.368. The molecule has 0 heterocycles. The molecule has 14 heavy (non-hydrogen) atoms. The number of hydrogen-bond donors (Lipinski definition) is 1. The summed E-state index contributed by atoms with van der Waals surface area (Å²) in [5.41, 5.74) is 7.67. The smallest absolute Gasteiger partial charge is 0.00395 e. The number of rotatable bonds is 3. The molecule has 0 amide bonds. The first-order valence-corrected chi connectivity index (χ1v) is 5.18. The Morgan fingerprint density at radius 2 is 1.79 bits per heavy atom. The van der Waals surface area contributed by atoms with Crippen LogP contribution in [0.5, 0.6) is 0 Å². The summed E-state index contributed by atoms with van der Waals surface area (Å²) in [6.45, 7) is 9.82. The topological polar surface area (TPSA) is 26.0 Å². The fourth-order valence-electron chi connectivity index (χ4n) is 1.10. The van der Waals surface area contributed by atoms with Crippen molar-refractivity contribution < 1.29 is 0 Å². The monoisotopic (exact) mass is 191 g/mol. The fourth-order valence-corrected chi connectivity index (χ4v) is 1.10. The van der Waals surface area contributed by atoms with Crippen LogP contribution in [-0.4, -0.2) is 0 Å². The van der Waals surface area contributed by atoms with Crippen molar-refractivity contribution in [3.05, 3.63) is 48.2 Å². The van der Waals surface area contributed by atoms with Crippen molar-refractivity contribution in [3.63, 3.8) is 0 Å². The van der Waals surface area contributed by atoms with Crippen molar-refractivity contribution in [1.29, 1.82) is 0 Å². The second-order valence-electron chi connectivity index (χ2n) is 3.17. The Kier molecular flexibility index (Phi) is 6.55. The van der Waals surface area contributed by atoms with Gasteiger partial charge in [0, 0.05) is 5.70 Å². The van der Waals surface area contributed by atoms with Crippen molar-refractivity contribution in [2.45, 2.75) is 27.2 Å². The first-order valence-electron chi connectivity index (χ1n) is 5.18. The highest BCUT2D eigenvalue weighted by atomic mass is 14.6. The zero-order valence-electron chi connectivity index (χ0n) is 9.46. The molecule has 0 saturated carbocycles. The van der Waals surface area contributed by atoms with Crippen molar-refractivity contribution >= 4 is 0 Å². The van der Waals surface area contributed by atoms with Gasteiger partial charge in [0.15, 0.2) is 0 Å². The minimum Gasteiger partial charge on any atom is -0.402 e. The highest BCUT2D eigenvalue weighted by Crippen LogP contribution is 2.11. The average molecular weight is 191 g/mol. The van der Waals surface area contributed by atoms with E-state index >= 15 is 0 Å². The molecular formula is C13H21N. The molecule has 2 N–H and O–H groups in total. The second kappa shape index (κ2) is 7.19. The van der Waals surface area contributed by atoms with Crippen LogP contribution in [0.3, 0.4) is 0 Å². The number of benzene rings is 1. The summed E-state index contributed by atoms with van der Waals surface area (Å²) in [5.74, 6) is 0.368. The van der Waals surface area contributed by atoms with Gasteiger partial charge in [0.1, 0.15) is 0 Å². The van der Waals surface area contributed by atoms with Gasteiger partial charge in [-0.1, -0.05) is 57.7 Å². The Morgan fingerprint density at radius 3 is 2.21 bits per heavy atom. The Bertz CT molecular complexity index is 251. The fraction of sp³-hybridized carbons (Fsp3) is 0.385. The molecule has 0 aliphatic rings. The predicted octanol–water partition coefficient (Wildman–Crippen LogP) is 3.36. The molecule has 0 unspecified atom stereocenters. The molecule has 1 atom stereocenters. The van der Waals surface area contributed by atoms with Crippen molar-refractivity contribution in [2.75, 3.05) is 0 Å². The van der Waals surface area contributed by atoms with Gasteiger partial charge in [-0.05, 0) is 17.9 Å². The van der Waals surface area contributed by atoms with Crippen LogP contribution in [0.2, 0.25) is 0 Å². The van der Waals surface area contributed by atoms with Gasteiger partial charge in [-0.25, -0.2) is 0 Å². The second-order valence-corrected chi connectivity index (χ2v) is 3.17. The molecule has 0 fully saturated rings. The van der Waals surface area contributed by atoms with E-state index in [2.05, 4.69) is 25.6 Å². The maximum Gasteiger partial charge on any atom is 0.00395 e. The highest BCUT2D eigenvalue weighted by molar-refractivity contribution is 5.16. The van der Waals surface area contributed by atoms with Crippen LogP contribution >= 0.6 is 0 Å². The third kappa shape index (κ3) is 4.70. The zero-order valence-corrected chi connectivity index (χ0v) is 9.46. The van der Waals surface area contributed by atoms with Gasteiger partial charge in [0.2, 0.25) is 0 Å². The van der Waals surface area contributed by atoms with E-state index in [4.69, 9.17) is 5.73 Å². The molecule has 0 spiro atoms. The lowest BCUT2D eigenvalue weighted by atomic mass is 9.99. The van der Waals surface area contributed by atoms with Crippen LogP contribution in [0.15, 0.2) is 42.6 Å². The van der Waals surface area contributed by atoms with Gasteiger partial charge in [-0.15, -0.1) is 0 Å². The third-order valence-electron chi connectivity index (χ3n) is 2.02. The molecule has 1 aromatic carbocycles. The zero-order chi connectivity index (χ0) is 11.0. The normalized spacial score (nSPS) is 11.1. The van der Waals surface area contributed by atoms with Crippen LogP contribution in [0.1, 0.15) is 26.3 Å². The van der Waals surface area contributed by atoms with Crippen molar-refractivity contribution in [2.24, 2.45) is 11.7 Å². The lowest BCUT2D eigenvalue weighted by Gasteiger charge is -2.09. The van der Waals surface area contributed by atoms with Gasteiger partial charge in [0.05, 0.1) is 0 Å². The van der Waals surface area contributed by atoms with Crippen molar-refractivity contribution in [3.8, 4) is 0 Å². The quantitative estimate of drug-likeness (QED) is 0.779. The summed E-state index contributed by atoms with van der Waals surface area (Å²) < 4.78 is 0. The predicted molar refractivity (Wildman–Crippen MR) is 64.0 cm³/mol. The molecule has 1 aromatic rings. The Balaban J connectivity index is 0.000000791. The first kappa shape index (κ1) is 12.8.